The average Bonchev–Trinajstić information content (AvgIpc) is 3.03. The Hall–Kier alpha value is -3.30. The number of urea groups is 1. The number of nitrogens with zero attached hydrogens (tertiary/aromatic N) is 2. The van der Waals surface area contributed by atoms with Crippen molar-refractivity contribution in [2.75, 3.05) is 19.7 Å². The Labute approximate surface area is 208 Å². The number of aryl methyl sites for hydroxylation is 2. The molecular formula is C26H31F3N2O5. The van der Waals surface area contributed by atoms with Crippen molar-refractivity contribution in [2.45, 2.75) is 65.8 Å². The van der Waals surface area contributed by atoms with Gasteiger partial charge in [0.1, 0.15) is 12.3 Å². The zero-order valence-electron chi connectivity index (χ0n) is 21.1. The third kappa shape index (κ3) is 6.09. The Morgan fingerprint density at radius 2 is 1.67 bits per heavy atom. The Morgan fingerprint density at radius 1 is 1.03 bits per heavy atom. The third-order valence-corrected chi connectivity index (χ3v) is 6.11. The van der Waals surface area contributed by atoms with E-state index in [1.807, 2.05) is 13.8 Å². The van der Waals surface area contributed by atoms with E-state index in [4.69, 9.17) is 9.47 Å². The van der Waals surface area contributed by atoms with Gasteiger partial charge in [-0.1, -0.05) is 29.9 Å². The minimum atomic E-state index is -4.36. The van der Waals surface area contributed by atoms with Gasteiger partial charge in [0.05, 0.1) is 13.2 Å². The fourth-order valence-corrected chi connectivity index (χ4v) is 4.24. The minimum absolute atomic E-state index is 0.0502. The highest BCUT2D eigenvalue weighted by atomic mass is 19.4. The van der Waals surface area contributed by atoms with Gasteiger partial charge in [0, 0.05) is 12.1 Å². The number of alkyl halides is 3. The van der Waals surface area contributed by atoms with Crippen LogP contribution in [-0.4, -0.2) is 59.2 Å². The Bertz CT molecular complexity index is 1100. The number of allylic oxidation sites excluding steroid dienone is 3. The number of benzene rings is 1. The average molecular weight is 509 g/mol. The number of carbonyl (C=O) groups excluding carboxylic acids is 3. The van der Waals surface area contributed by atoms with Crippen LogP contribution in [0.3, 0.4) is 0 Å². The maximum atomic E-state index is 12.9. The number of imide groups is 1. The highest BCUT2D eigenvalue weighted by molar-refractivity contribution is 6.02. The van der Waals surface area contributed by atoms with Gasteiger partial charge in [-0.25, -0.2) is 9.59 Å². The number of carbonyl (C=O) groups is 3. The Morgan fingerprint density at radius 3 is 2.19 bits per heavy atom. The van der Waals surface area contributed by atoms with Crippen molar-refractivity contribution in [1.82, 2.24) is 9.80 Å². The summed E-state index contributed by atoms with van der Waals surface area (Å²) in [6.07, 6.45) is -1.89. The van der Waals surface area contributed by atoms with Crippen molar-refractivity contribution in [3.63, 3.8) is 0 Å². The summed E-state index contributed by atoms with van der Waals surface area (Å²) in [6.45, 7) is 8.85. The van der Waals surface area contributed by atoms with Gasteiger partial charge in [-0.15, -0.1) is 0 Å². The molecule has 3 rings (SSSR count). The summed E-state index contributed by atoms with van der Waals surface area (Å²) >= 11 is 0. The lowest BCUT2D eigenvalue weighted by atomic mass is 9.98. The van der Waals surface area contributed by atoms with Gasteiger partial charge in [-0.3, -0.25) is 9.69 Å². The van der Waals surface area contributed by atoms with Crippen LogP contribution < -0.4 is 4.74 Å². The van der Waals surface area contributed by atoms with Crippen LogP contribution in [0.15, 0.2) is 35.4 Å². The van der Waals surface area contributed by atoms with Crippen LogP contribution in [0.4, 0.5) is 18.0 Å². The van der Waals surface area contributed by atoms with Crippen molar-refractivity contribution in [3.05, 3.63) is 52.1 Å². The topological polar surface area (TPSA) is 76.2 Å². The number of esters is 1. The number of halogens is 3. The molecule has 196 valence electrons. The van der Waals surface area contributed by atoms with E-state index in [0.29, 0.717) is 16.9 Å². The first kappa shape index (κ1) is 27.3. The lowest BCUT2D eigenvalue weighted by Gasteiger charge is -2.27. The molecule has 1 heterocycles. The maximum absolute atomic E-state index is 12.9. The maximum Gasteiger partial charge on any atom is 0.412 e. The first-order valence-corrected chi connectivity index (χ1v) is 11.7. The molecule has 0 N–H and O–H groups in total. The van der Waals surface area contributed by atoms with Gasteiger partial charge in [0.15, 0.2) is 5.60 Å². The number of hydrogen-bond donors (Lipinski definition) is 0. The molecule has 1 aromatic carbocycles. The highest BCUT2D eigenvalue weighted by Crippen LogP contribution is 2.34. The van der Waals surface area contributed by atoms with Gasteiger partial charge in [-0.2, -0.15) is 13.2 Å². The zero-order chi connectivity index (χ0) is 26.8. The molecule has 0 unspecified atom stereocenters. The molecule has 1 saturated heterocycles. The number of ether oxygens (including phenoxy) is 2. The Kier molecular flexibility index (Phi) is 7.85. The molecule has 2 aliphatic rings. The molecule has 0 aromatic heterocycles. The van der Waals surface area contributed by atoms with E-state index < -0.39 is 29.4 Å². The SMILES string of the molecule is CCOC(=O)C(C)(C)Oc1c(C)cc(CN2C(=O)CN(CC3=CC=C(C(F)(F)F)CC3)C2=O)cc1C. The molecule has 0 atom stereocenters. The molecule has 36 heavy (non-hydrogen) atoms. The fourth-order valence-electron chi connectivity index (χ4n) is 4.24. The van der Waals surface area contributed by atoms with Crippen LogP contribution in [0.5, 0.6) is 5.75 Å². The highest BCUT2D eigenvalue weighted by Gasteiger charge is 2.38. The molecule has 0 radical (unpaired) electrons. The fraction of sp³-hybridized carbons (Fsp3) is 0.500. The molecule has 3 amide bonds. The van der Waals surface area contributed by atoms with Gasteiger partial charge < -0.3 is 14.4 Å². The van der Waals surface area contributed by atoms with Crippen LogP contribution in [0.1, 0.15) is 50.3 Å². The minimum Gasteiger partial charge on any atom is -0.476 e. The monoisotopic (exact) mass is 508 g/mol. The van der Waals surface area contributed by atoms with Crippen LogP contribution >= 0.6 is 0 Å². The molecule has 0 saturated carbocycles. The standard InChI is InChI=1S/C26H31F3N2O5/c1-6-35-23(33)25(4,5)36-22-16(2)11-19(12-17(22)3)14-31-21(32)15-30(24(31)34)13-18-7-9-20(10-8-18)26(27,28)29/h7,9,11-12H,6,8,10,13-15H2,1-5H3. The van der Waals surface area contributed by atoms with Crippen LogP contribution in [0.2, 0.25) is 0 Å². The van der Waals surface area contributed by atoms with E-state index in [2.05, 4.69) is 0 Å². The predicted molar refractivity (Wildman–Crippen MR) is 126 cm³/mol. The lowest BCUT2D eigenvalue weighted by Crippen LogP contribution is -2.40. The zero-order valence-corrected chi connectivity index (χ0v) is 21.1. The summed E-state index contributed by atoms with van der Waals surface area (Å²) in [4.78, 5) is 40.2. The van der Waals surface area contributed by atoms with Crippen molar-refractivity contribution in [3.8, 4) is 5.75 Å². The molecule has 1 aliphatic heterocycles. The summed E-state index contributed by atoms with van der Waals surface area (Å²) in [5.41, 5.74) is 1.06. The van der Waals surface area contributed by atoms with Gasteiger partial charge in [0.25, 0.3) is 5.91 Å². The van der Waals surface area contributed by atoms with E-state index in [0.717, 1.165) is 22.1 Å². The molecule has 1 aromatic rings. The van der Waals surface area contributed by atoms with Crippen LogP contribution in [0, 0.1) is 13.8 Å². The largest absolute Gasteiger partial charge is 0.476 e. The second kappa shape index (κ2) is 10.4. The molecular weight excluding hydrogens is 477 g/mol. The first-order chi connectivity index (χ1) is 16.7. The molecule has 1 aliphatic carbocycles. The van der Waals surface area contributed by atoms with E-state index in [9.17, 15) is 27.6 Å². The lowest BCUT2D eigenvalue weighted by molar-refractivity contribution is -0.158. The number of amides is 3. The Balaban J connectivity index is 1.70. The molecule has 7 nitrogen and oxygen atoms in total. The van der Waals surface area contributed by atoms with Crippen molar-refractivity contribution in [2.24, 2.45) is 0 Å². The van der Waals surface area contributed by atoms with Gasteiger partial charge in [-0.05, 0) is 64.2 Å². The summed E-state index contributed by atoms with van der Waals surface area (Å²) in [5.74, 6) is -0.338. The summed E-state index contributed by atoms with van der Waals surface area (Å²) in [7, 11) is 0. The van der Waals surface area contributed by atoms with Crippen LogP contribution in [-0.2, 0) is 20.9 Å². The van der Waals surface area contributed by atoms with Crippen molar-refractivity contribution < 1.29 is 37.0 Å². The van der Waals surface area contributed by atoms with Crippen molar-refractivity contribution >= 4 is 17.9 Å². The van der Waals surface area contributed by atoms with Gasteiger partial charge in [0.2, 0.25) is 0 Å². The predicted octanol–water partition coefficient (Wildman–Crippen LogP) is 5.00. The third-order valence-electron chi connectivity index (χ3n) is 6.11. The van der Waals surface area contributed by atoms with Crippen molar-refractivity contribution in [1.29, 1.82) is 0 Å². The summed E-state index contributed by atoms with van der Waals surface area (Å²) in [6, 6.07) is 3.10. The first-order valence-electron chi connectivity index (χ1n) is 11.7. The smallest absolute Gasteiger partial charge is 0.412 e. The second-order valence-corrected chi connectivity index (χ2v) is 9.52. The molecule has 0 bridgehead atoms. The summed E-state index contributed by atoms with van der Waals surface area (Å²) < 4.78 is 49.5. The van der Waals surface area contributed by atoms with Crippen LogP contribution in [0.25, 0.3) is 0 Å². The molecule has 10 heteroatoms. The molecule has 0 spiro atoms. The quantitative estimate of drug-likeness (QED) is 0.365. The number of hydrogen-bond acceptors (Lipinski definition) is 5. The summed E-state index contributed by atoms with van der Waals surface area (Å²) in [5, 5.41) is 0. The van der Waals surface area contributed by atoms with Gasteiger partial charge >= 0.3 is 18.2 Å². The van der Waals surface area contributed by atoms with E-state index in [-0.39, 0.29) is 45.0 Å². The number of rotatable bonds is 8. The molecule has 1 fully saturated rings. The van der Waals surface area contributed by atoms with E-state index in [1.54, 1.807) is 32.9 Å². The second-order valence-electron chi connectivity index (χ2n) is 9.52. The van der Waals surface area contributed by atoms with E-state index in [1.165, 1.54) is 11.0 Å². The van der Waals surface area contributed by atoms with E-state index >= 15 is 0 Å². The normalized spacial score (nSPS) is 16.8.